The molecule has 1 aliphatic heterocycles. The fraction of sp³-hybridized carbons (Fsp3) is 0.381. The highest BCUT2D eigenvalue weighted by Gasteiger charge is 2.65. The Morgan fingerprint density at radius 2 is 1.91 bits per heavy atom. The molecular formula is C21H20F5N3O4. The second kappa shape index (κ2) is 8.58. The monoisotopic (exact) mass is 473 g/mol. The zero-order chi connectivity index (χ0) is 24.7. The first kappa shape index (κ1) is 24.4. The van der Waals surface area contributed by atoms with Gasteiger partial charge in [-0.1, -0.05) is 13.0 Å². The number of hydrogen-bond acceptors (Lipinski definition) is 5. The molecule has 12 heteroatoms. The number of nitrogens with one attached hydrogen (secondary N) is 1. The maximum Gasteiger partial charge on any atom is 0.417 e. The molecular weight excluding hydrogens is 453 g/mol. The number of halogens is 5. The summed E-state index contributed by atoms with van der Waals surface area (Å²) in [5, 5.41) is 2.36. The van der Waals surface area contributed by atoms with E-state index in [1.807, 2.05) is 0 Å². The van der Waals surface area contributed by atoms with E-state index in [2.05, 4.69) is 10.3 Å². The van der Waals surface area contributed by atoms with Crippen LogP contribution in [0, 0.1) is 17.6 Å². The number of alkyl halides is 3. The Morgan fingerprint density at radius 3 is 2.48 bits per heavy atom. The summed E-state index contributed by atoms with van der Waals surface area (Å²) in [5.74, 6) is -7.94. The molecule has 33 heavy (non-hydrogen) atoms. The smallest absolute Gasteiger partial charge is 0.417 e. The highest BCUT2D eigenvalue weighted by atomic mass is 19.4. The van der Waals surface area contributed by atoms with E-state index in [0.717, 1.165) is 32.2 Å². The molecule has 3 rings (SSSR count). The molecule has 178 valence electrons. The van der Waals surface area contributed by atoms with Crippen LogP contribution < -0.4 is 15.8 Å². The molecule has 1 aromatic carbocycles. The fourth-order valence-corrected chi connectivity index (χ4v) is 3.90. The number of carbonyl (C=O) groups is 2. The molecule has 0 saturated carbocycles. The molecule has 2 amide bonds. The van der Waals surface area contributed by atoms with Crippen LogP contribution in [-0.4, -0.2) is 41.8 Å². The highest BCUT2D eigenvalue weighted by Crippen LogP contribution is 2.55. The van der Waals surface area contributed by atoms with Gasteiger partial charge in [0.25, 0.3) is 11.8 Å². The van der Waals surface area contributed by atoms with Crippen molar-refractivity contribution in [1.82, 2.24) is 4.98 Å². The van der Waals surface area contributed by atoms with Gasteiger partial charge in [0.05, 0.1) is 7.11 Å². The minimum atomic E-state index is -4.89. The maximum absolute atomic E-state index is 14.4. The number of rotatable bonds is 5. The summed E-state index contributed by atoms with van der Waals surface area (Å²) in [6, 6.07) is 4.22. The molecule has 0 radical (unpaired) electrons. The lowest BCUT2D eigenvalue weighted by atomic mass is 9.77. The third-order valence-electron chi connectivity index (χ3n) is 5.85. The van der Waals surface area contributed by atoms with E-state index in [1.54, 1.807) is 0 Å². The summed E-state index contributed by atoms with van der Waals surface area (Å²) in [4.78, 5) is 28.1. The van der Waals surface area contributed by atoms with Crippen molar-refractivity contribution in [1.29, 1.82) is 0 Å². The van der Waals surface area contributed by atoms with E-state index in [-0.39, 0.29) is 16.9 Å². The molecule has 0 spiro atoms. The van der Waals surface area contributed by atoms with Gasteiger partial charge in [0.1, 0.15) is 11.8 Å². The number of pyridine rings is 1. The van der Waals surface area contributed by atoms with Crippen LogP contribution in [0.4, 0.5) is 27.6 Å². The molecule has 1 aliphatic rings. The molecule has 1 aromatic heterocycles. The van der Waals surface area contributed by atoms with Crippen LogP contribution in [0.3, 0.4) is 0 Å². The Bertz CT molecular complexity index is 1090. The van der Waals surface area contributed by atoms with Crippen molar-refractivity contribution in [2.45, 2.75) is 37.6 Å². The minimum Gasteiger partial charge on any atom is -0.493 e. The number of benzene rings is 1. The van der Waals surface area contributed by atoms with Gasteiger partial charge in [-0.15, -0.1) is 0 Å². The van der Waals surface area contributed by atoms with Gasteiger partial charge in [-0.05, 0) is 25.1 Å². The van der Waals surface area contributed by atoms with Crippen molar-refractivity contribution in [3.63, 3.8) is 0 Å². The van der Waals surface area contributed by atoms with Crippen LogP contribution in [0.15, 0.2) is 30.5 Å². The van der Waals surface area contributed by atoms with E-state index < -0.39 is 58.9 Å². The first-order chi connectivity index (χ1) is 15.3. The number of primary amides is 1. The van der Waals surface area contributed by atoms with E-state index in [4.69, 9.17) is 15.2 Å². The SMILES string of the molecule is COc1c([C@H]2[C@@H](C)[C@@](C)(C(F)(F)F)O[C@H]2C(=O)Nc2ccnc(C(N)=O)c2)ccc(F)c1F. The first-order valence-electron chi connectivity index (χ1n) is 9.65. The molecule has 3 N–H and O–H groups in total. The predicted octanol–water partition coefficient (Wildman–Crippen LogP) is 3.55. The van der Waals surface area contributed by atoms with Gasteiger partial charge in [-0.25, -0.2) is 4.39 Å². The van der Waals surface area contributed by atoms with Gasteiger partial charge in [0.2, 0.25) is 5.82 Å². The minimum absolute atomic E-state index is 0.0247. The second-order valence-electron chi connectivity index (χ2n) is 7.72. The molecule has 4 atom stereocenters. The van der Waals surface area contributed by atoms with Crippen LogP contribution in [0.5, 0.6) is 5.75 Å². The Kier molecular flexibility index (Phi) is 6.33. The van der Waals surface area contributed by atoms with E-state index >= 15 is 0 Å². The van der Waals surface area contributed by atoms with E-state index in [1.165, 1.54) is 19.2 Å². The molecule has 1 fully saturated rings. The van der Waals surface area contributed by atoms with Crippen LogP contribution in [0.25, 0.3) is 0 Å². The van der Waals surface area contributed by atoms with Crippen molar-refractivity contribution in [3.8, 4) is 5.75 Å². The second-order valence-corrected chi connectivity index (χ2v) is 7.72. The van der Waals surface area contributed by atoms with E-state index in [0.29, 0.717) is 0 Å². The topological polar surface area (TPSA) is 104 Å². The Hall–Kier alpha value is -3.28. The average molecular weight is 473 g/mol. The van der Waals surface area contributed by atoms with Gasteiger partial charge < -0.3 is 20.5 Å². The lowest BCUT2D eigenvalue weighted by Gasteiger charge is -2.32. The van der Waals surface area contributed by atoms with Gasteiger partial charge in [-0.3, -0.25) is 14.6 Å². The molecule has 0 bridgehead atoms. The first-order valence-corrected chi connectivity index (χ1v) is 9.65. The lowest BCUT2D eigenvalue weighted by molar-refractivity contribution is -0.272. The quantitative estimate of drug-likeness (QED) is 0.647. The number of ether oxygens (including phenoxy) is 2. The normalized spacial score (nSPS) is 25.0. The highest BCUT2D eigenvalue weighted by molar-refractivity contribution is 5.97. The molecule has 7 nitrogen and oxygen atoms in total. The Labute approximate surface area is 185 Å². The fourth-order valence-electron chi connectivity index (χ4n) is 3.90. The third-order valence-corrected chi connectivity index (χ3v) is 5.85. The zero-order valence-electron chi connectivity index (χ0n) is 17.7. The molecule has 0 unspecified atom stereocenters. The number of methoxy groups -OCH3 is 1. The number of nitrogens with zero attached hydrogens (tertiary/aromatic N) is 1. The van der Waals surface area contributed by atoms with Gasteiger partial charge >= 0.3 is 6.18 Å². The molecule has 2 aromatic rings. The summed E-state index contributed by atoms with van der Waals surface area (Å²) in [6.45, 7) is 1.98. The van der Waals surface area contributed by atoms with Crippen molar-refractivity contribution in [3.05, 3.63) is 53.4 Å². The predicted molar refractivity (Wildman–Crippen MR) is 106 cm³/mol. The third kappa shape index (κ3) is 4.22. The summed E-state index contributed by atoms with van der Waals surface area (Å²) in [7, 11) is 1.03. The Morgan fingerprint density at radius 1 is 1.24 bits per heavy atom. The summed E-state index contributed by atoms with van der Waals surface area (Å²) in [5.41, 5.74) is 2.04. The number of anilines is 1. The average Bonchev–Trinajstić information content (AvgIpc) is 3.02. The van der Waals surface area contributed by atoms with Crippen LogP contribution in [0.1, 0.15) is 35.8 Å². The van der Waals surface area contributed by atoms with Gasteiger partial charge in [-0.2, -0.15) is 17.6 Å². The summed E-state index contributed by atoms with van der Waals surface area (Å²) < 4.78 is 80.1. The van der Waals surface area contributed by atoms with Crippen molar-refractivity contribution >= 4 is 17.5 Å². The van der Waals surface area contributed by atoms with Gasteiger partial charge in [0, 0.05) is 29.3 Å². The maximum atomic E-state index is 14.4. The van der Waals surface area contributed by atoms with Crippen LogP contribution in [0.2, 0.25) is 0 Å². The molecule has 0 aliphatic carbocycles. The van der Waals surface area contributed by atoms with Gasteiger partial charge in [0.15, 0.2) is 17.2 Å². The lowest BCUT2D eigenvalue weighted by Crippen LogP contribution is -2.47. The van der Waals surface area contributed by atoms with Crippen LogP contribution >= 0.6 is 0 Å². The number of amides is 2. The van der Waals surface area contributed by atoms with Crippen molar-refractivity contribution in [2.75, 3.05) is 12.4 Å². The zero-order valence-corrected chi connectivity index (χ0v) is 17.7. The standard InChI is InChI=1S/C21H20F5N3O4/c1-9-14(11-4-5-12(22)15(23)16(11)32-3)17(33-20(9,2)21(24,25)26)19(31)29-10-6-7-28-13(8-10)18(27)30/h4-9,14,17H,1-3H3,(H2,27,30)(H,28,29,31)/t9-,14-,17-,20+/m1/s1. The number of hydrogen-bond donors (Lipinski definition) is 2. The van der Waals surface area contributed by atoms with Crippen LogP contribution in [-0.2, 0) is 9.53 Å². The number of aromatic nitrogens is 1. The largest absolute Gasteiger partial charge is 0.493 e. The summed E-state index contributed by atoms with van der Waals surface area (Å²) in [6.07, 6.45) is -5.49. The van der Waals surface area contributed by atoms with Crippen molar-refractivity contribution < 1.29 is 41.0 Å². The van der Waals surface area contributed by atoms with Crippen molar-refractivity contribution in [2.24, 2.45) is 11.7 Å². The summed E-state index contributed by atoms with van der Waals surface area (Å²) >= 11 is 0. The van der Waals surface area contributed by atoms with E-state index in [9.17, 15) is 31.5 Å². The Balaban J connectivity index is 2.07. The molecule has 1 saturated heterocycles. The number of nitrogens with two attached hydrogens (primary N) is 1. The molecule has 2 heterocycles. The number of carbonyl (C=O) groups excluding carboxylic acids is 2.